The normalized spacial score (nSPS) is 15.4. The first-order chi connectivity index (χ1) is 13.3. The molecule has 28 heavy (non-hydrogen) atoms. The third-order valence-corrected chi connectivity index (χ3v) is 6.77. The zero-order valence-corrected chi connectivity index (χ0v) is 16.7. The summed E-state index contributed by atoms with van der Waals surface area (Å²) >= 11 is 1.75. The van der Waals surface area contributed by atoms with Crippen LogP contribution in [0.2, 0.25) is 0 Å². The topological polar surface area (TPSA) is 115 Å². The molecule has 0 radical (unpaired) electrons. The second-order valence-electron chi connectivity index (χ2n) is 6.11. The molecule has 0 bridgehead atoms. The molecule has 1 aliphatic rings. The molecule has 1 aromatic carbocycles. The highest BCUT2D eigenvalue weighted by Gasteiger charge is 2.27. The van der Waals surface area contributed by atoms with Gasteiger partial charge in [-0.3, -0.25) is 4.90 Å². The largest absolute Gasteiger partial charge is 0.473 e. The highest BCUT2D eigenvalue weighted by Crippen LogP contribution is 2.17. The number of nitrogens with zero attached hydrogens (tertiary/aromatic N) is 2. The number of hydrogen-bond donors (Lipinski definition) is 2. The predicted octanol–water partition coefficient (Wildman–Crippen LogP) is 1.55. The van der Waals surface area contributed by atoms with Gasteiger partial charge in [0.1, 0.15) is 0 Å². The van der Waals surface area contributed by atoms with E-state index in [0.29, 0.717) is 13.1 Å². The van der Waals surface area contributed by atoms with Crippen LogP contribution in [-0.2, 0) is 31.9 Å². The Labute approximate surface area is 167 Å². The van der Waals surface area contributed by atoms with Gasteiger partial charge < -0.3 is 10.2 Å². The van der Waals surface area contributed by atoms with E-state index >= 15 is 0 Å². The number of benzene rings is 1. The van der Waals surface area contributed by atoms with Crippen molar-refractivity contribution in [3.63, 3.8) is 0 Å². The average Bonchev–Trinajstić information content (AvgIpc) is 3.16. The molecule has 1 aliphatic heterocycles. The zero-order valence-electron chi connectivity index (χ0n) is 15.1. The predicted molar refractivity (Wildman–Crippen MR) is 106 cm³/mol. The fourth-order valence-electron chi connectivity index (χ4n) is 2.66. The van der Waals surface area contributed by atoms with Crippen molar-refractivity contribution in [3.05, 3.63) is 58.3 Å². The number of hydrogen-bond acceptors (Lipinski definition) is 6. The van der Waals surface area contributed by atoms with Gasteiger partial charge in [0, 0.05) is 37.6 Å². The molecule has 0 amide bonds. The van der Waals surface area contributed by atoms with Gasteiger partial charge in [0.15, 0.2) is 0 Å². The van der Waals surface area contributed by atoms with Crippen molar-refractivity contribution >= 4 is 33.3 Å². The highest BCUT2D eigenvalue weighted by atomic mass is 32.2. The van der Waals surface area contributed by atoms with Crippen LogP contribution >= 0.6 is 11.3 Å². The Balaban J connectivity index is 0.000000409. The molecule has 0 spiro atoms. The van der Waals surface area contributed by atoms with E-state index in [1.807, 2.05) is 30.3 Å². The molecule has 2 aromatic rings. The summed E-state index contributed by atoms with van der Waals surface area (Å²) in [6.07, 6.45) is 0. The Morgan fingerprint density at radius 3 is 2.04 bits per heavy atom. The van der Waals surface area contributed by atoms with Crippen LogP contribution < -0.4 is 0 Å². The fraction of sp³-hybridized carbons (Fsp3) is 0.333. The number of piperazine rings is 1. The molecule has 2 heterocycles. The number of carboxylic acid groups (broad SMARTS) is 2. The lowest BCUT2D eigenvalue weighted by Crippen LogP contribution is -2.48. The standard InChI is InChI=1S/C16H20N2O2S2.C2H2O4/c19-22(20,14-15-5-2-1-3-6-15)18-10-8-17(9-11-18)13-16-7-4-12-21-16;3-1(4)2(5)6/h1-7,12H,8-11,13-14H2;(H,3,4)(H,5,6). The van der Waals surface area contributed by atoms with Gasteiger partial charge in [-0.2, -0.15) is 4.31 Å². The van der Waals surface area contributed by atoms with E-state index in [2.05, 4.69) is 22.4 Å². The number of carbonyl (C=O) groups is 2. The molecule has 1 aromatic heterocycles. The minimum atomic E-state index is -3.21. The third kappa shape index (κ3) is 7.04. The monoisotopic (exact) mass is 426 g/mol. The molecule has 0 atom stereocenters. The van der Waals surface area contributed by atoms with Crippen LogP contribution in [0.3, 0.4) is 0 Å². The second-order valence-corrected chi connectivity index (χ2v) is 9.11. The van der Waals surface area contributed by atoms with Crippen molar-refractivity contribution in [2.24, 2.45) is 0 Å². The van der Waals surface area contributed by atoms with Crippen molar-refractivity contribution in [3.8, 4) is 0 Å². The first-order valence-corrected chi connectivity index (χ1v) is 11.0. The lowest BCUT2D eigenvalue weighted by atomic mass is 10.2. The molecule has 3 rings (SSSR count). The van der Waals surface area contributed by atoms with Crippen LogP contribution in [0.25, 0.3) is 0 Å². The van der Waals surface area contributed by atoms with Crippen molar-refractivity contribution in [2.75, 3.05) is 26.2 Å². The number of aliphatic carboxylic acids is 2. The van der Waals surface area contributed by atoms with Crippen molar-refractivity contribution in [1.82, 2.24) is 9.21 Å². The molecule has 0 aliphatic carbocycles. The van der Waals surface area contributed by atoms with E-state index in [-0.39, 0.29) is 5.75 Å². The maximum absolute atomic E-state index is 12.5. The number of rotatable bonds is 5. The van der Waals surface area contributed by atoms with Crippen molar-refractivity contribution in [1.29, 1.82) is 0 Å². The lowest BCUT2D eigenvalue weighted by molar-refractivity contribution is -0.159. The molecular weight excluding hydrogens is 404 g/mol. The van der Waals surface area contributed by atoms with Crippen LogP contribution in [0.4, 0.5) is 0 Å². The van der Waals surface area contributed by atoms with Gasteiger partial charge in [0.25, 0.3) is 0 Å². The van der Waals surface area contributed by atoms with Crippen LogP contribution in [0.5, 0.6) is 0 Å². The van der Waals surface area contributed by atoms with E-state index < -0.39 is 22.0 Å². The molecule has 0 saturated carbocycles. The van der Waals surface area contributed by atoms with Crippen molar-refractivity contribution in [2.45, 2.75) is 12.3 Å². The third-order valence-electron chi connectivity index (χ3n) is 4.06. The van der Waals surface area contributed by atoms with Gasteiger partial charge in [-0.05, 0) is 17.0 Å². The van der Waals surface area contributed by atoms with Gasteiger partial charge in [0.05, 0.1) is 5.75 Å². The molecule has 0 unspecified atom stereocenters. The molecule has 1 saturated heterocycles. The molecular formula is C18H22N2O6S2. The zero-order chi connectivity index (χ0) is 20.6. The quantitative estimate of drug-likeness (QED) is 0.697. The summed E-state index contributed by atoms with van der Waals surface area (Å²) in [5.74, 6) is -3.55. The molecule has 2 N–H and O–H groups in total. The van der Waals surface area contributed by atoms with Crippen LogP contribution in [0.15, 0.2) is 47.8 Å². The molecule has 1 fully saturated rings. The van der Waals surface area contributed by atoms with Crippen LogP contribution in [-0.4, -0.2) is 66.0 Å². The Kier molecular flexibility index (Phi) is 8.12. The Hall–Kier alpha value is -2.27. The average molecular weight is 427 g/mol. The first-order valence-electron chi connectivity index (χ1n) is 8.50. The SMILES string of the molecule is O=C(O)C(=O)O.O=S(=O)(Cc1ccccc1)N1CCN(Cc2cccs2)CC1. The van der Waals surface area contributed by atoms with E-state index in [1.54, 1.807) is 15.6 Å². The minimum absolute atomic E-state index is 0.0960. The van der Waals surface area contributed by atoms with Crippen LogP contribution in [0.1, 0.15) is 10.4 Å². The van der Waals surface area contributed by atoms with E-state index in [9.17, 15) is 8.42 Å². The summed E-state index contributed by atoms with van der Waals surface area (Å²) in [6.45, 7) is 3.68. The summed E-state index contributed by atoms with van der Waals surface area (Å²) in [7, 11) is -3.21. The van der Waals surface area contributed by atoms with E-state index in [4.69, 9.17) is 19.8 Å². The number of thiophene rings is 1. The fourth-order valence-corrected chi connectivity index (χ4v) is 4.93. The molecule has 8 nitrogen and oxygen atoms in total. The van der Waals surface area contributed by atoms with E-state index in [0.717, 1.165) is 25.2 Å². The molecule has 152 valence electrons. The van der Waals surface area contributed by atoms with Gasteiger partial charge in [0.2, 0.25) is 10.0 Å². The van der Waals surface area contributed by atoms with Gasteiger partial charge in [-0.15, -0.1) is 11.3 Å². The van der Waals surface area contributed by atoms with Gasteiger partial charge >= 0.3 is 11.9 Å². The smallest absolute Gasteiger partial charge is 0.414 e. The minimum Gasteiger partial charge on any atom is -0.473 e. The summed E-state index contributed by atoms with van der Waals surface area (Å²) in [5, 5.41) is 16.9. The summed E-state index contributed by atoms with van der Waals surface area (Å²) in [5.41, 5.74) is 0.850. The Morgan fingerprint density at radius 1 is 0.929 bits per heavy atom. The van der Waals surface area contributed by atoms with E-state index in [1.165, 1.54) is 4.88 Å². The first kappa shape index (κ1) is 22.0. The number of sulfonamides is 1. The Bertz CT molecular complexity index is 849. The number of carboxylic acids is 2. The molecule has 10 heteroatoms. The summed E-state index contributed by atoms with van der Waals surface area (Å²) in [4.78, 5) is 21.9. The van der Waals surface area contributed by atoms with Gasteiger partial charge in [-0.25, -0.2) is 18.0 Å². The van der Waals surface area contributed by atoms with Crippen LogP contribution in [0, 0.1) is 0 Å². The highest BCUT2D eigenvalue weighted by molar-refractivity contribution is 7.88. The Morgan fingerprint density at radius 2 is 1.54 bits per heavy atom. The maximum atomic E-state index is 12.5. The van der Waals surface area contributed by atoms with Crippen molar-refractivity contribution < 1.29 is 28.2 Å². The lowest BCUT2D eigenvalue weighted by Gasteiger charge is -2.33. The maximum Gasteiger partial charge on any atom is 0.414 e. The summed E-state index contributed by atoms with van der Waals surface area (Å²) in [6, 6.07) is 13.6. The second kappa shape index (κ2) is 10.3. The summed E-state index contributed by atoms with van der Waals surface area (Å²) < 4.78 is 26.6. The van der Waals surface area contributed by atoms with Gasteiger partial charge in [-0.1, -0.05) is 36.4 Å².